The largest absolute Gasteiger partial charge is 0.331 e. The molecule has 204 valence electrons. The van der Waals surface area contributed by atoms with Crippen LogP contribution >= 0.6 is 11.3 Å². The molecule has 0 aliphatic carbocycles. The van der Waals surface area contributed by atoms with Gasteiger partial charge in [0.25, 0.3) is 0 Å². The van der Waals surface area contributed by atoms with E-state index in [2.05, 4.69) is 25.9 Å². The van der Waals surface area contributed by atoms with E-state index in [0.717, 1.165) is 22.0 Å². The van der Waals surface area contributed by atoms with Gasteiger partial charge in [0.15, 0.2) is 0 Å². The Balaban J connectivity index is 1.56. The zero-order valence-corrected chi connectivity index (χ0v) is 23.2. The fourth-order valence-electron chi connectivity index (χ4n) is 4.73. The SMILES string of the molecule is CN(C)C(=O)Nc1cc(F)ccc1-n1ncc2cc([C@H](c3ccccc3)C(C)(C)C(=O)Nc3nncs3)ccc21. The van der Waals surface area contributed by atoms with E-state index in [-0.39, 0.29) is 17.9 Å². The van der Waals surface area contributed by atoms with Gasteiger partial charge in [-0.1, -0.05) is 61.6 Å². The first kappa shape index (κ1) is 26.9. The number of halogens is 1. The van der Waals surface area contributed by atoms with Crippen molar-refractivity contribution in [3.63, 3.8) is 0 Å². The smallest absolute Gasteiger partial charge is 0.321 e. The number of rotatable bonds is 7. The summed E-state index contributed by atoms with van der Waals surface area (Å²) in [5.41, 5.74) is 4.20. The van der Waals surface area contributed by atoms with Gasteiger partial charge in [0.1, 0.15) is 11.3 Å². The Morgan fingerprint density at radius 1 is 1.00 bits per heavy atom. The van der Waals surface area contributed by atoms with Gasteiger partial charge in [-0.15, -0.1) is 10.2 Å². The molecule has 5 aromatic rings. The highest BCUT2D eigenvalue weighted by Crippen LogP contribution is 2.43. The van der Waals surface area contributed by atoms with E-state index in [1.165, 1.54) is 28.4 Å². The fraction of sp³-hybridized carbons (Fsp3) is 0.207. The Kier molecular flexibility index (Phi) is 7.31. The molecule has 0 saturated heterocycles. The van der Waals surface area contributed by atoms with Crippen LogP contribution in [0.15, 0.2) is 78.4 Å². The van der Waals surface area contributed by atoms with Crippen LogP contribution in [0.2, 0.25) is 0 Å². The van der Waals surface area contributed by atoms with Gasteiger partial charge in [-0.25, -0.2) is 13.9 Å². The molecule has 3 amide bonds. The van der Waals surface area contributed by atoms with Gasteiger partial charge in [-0.05, 0) is 41.5 Å². The van der Waals surface area contributed by atoms with E-state index >= 15 is 0 Å². The van der Waals surface area contributed by atoms with Gasteiger partial charge in [0, 0.05) is 25.4 Å². The van der Waals surface area contributed by atoms with Crippen LogP contribution in [0.25, 0.3) is 16.6 Å². The lowest BCUT2D eigenvalue weighted by atomic mass is 9.70. The normalized spacial score (nSPS) is 12.2. The molecule has 5 rings (SSSR count). The molecule has 2 N–H and O–H groups in total. The summed E-state index contributed by atoms with van der Waals surface area (Å²) in [6.45, 7) is 3.82. The lowest BCUT2D eigenvalue weighted by Gasteiger charge is -2.33. The second kappa shape index (κ2) is 10.9. The first-order valence-electron chi connectivity index (χ1n) is 12.5. The highest BCUT2D eigenvalue weighted by atomic mass is 32.1. The highest BCUT2D eigenvalue weighted by Gasteiger charge is 2.39. The predicted octanol–water partition coefficient (Wildman–Crippen LogP) is 5.91. The van der Waals surface area contributed by atoms with Crippen LogP contribution in [-0.2, 0) is 4.79 Å². The number of nitrogens with zero attached hydrogens (tertiary/aromatic N) is 5. The molecule has 0 unspecified atom stereocenters. The minimum atomic E-state index is -0.864. The molecule has 0 saturated carbocycles. The van der Waals surface area contributed by atoms with Crippen molar-refractivity contribution in [1.82, 2.24) is 24.9 Å². The number of hydrogen-bond acceptors (Lipinski definition) is 6. The summed E-state index contributed by atoms with van der Waals surface area (Å²) in [5, 5.41) is 19.2. The number of nitrogens with one attached hydrogen (secondary N) is 2. The molecule has 2 aromatic heterocycles. The number of hydrogen-bond donors (Lipinski definition) is 2. The maximum absolute atomic E-state index is 14.1. The number of fused-ring (bicyclic) bond motifs is 1. The monoisotopic (exact) mass is 557 g/mol. The first-order valence-corrected chi connectivity index (χ1v) is 13.4. The third kappa shape index (κ3) is 5.28. The second-order valence-electron chi connectivity index (χ2n) is 10.1. The summed E-state index contributed by atoms with van der Waals surface area (Å²) < 4.78 is 15.8. The van der Waals surface area contributed by atoms with Crippen LogP contribution in [0.4, 0.5) is 20.0 Å². The molecular weight excluding hydrogens is 529 g/mol. The summed E-state index contributed by atoms with van der Waals surface area (Å²) in [4.78, 5) is 27.2. The van der Waals surface area contributed by atoms with Crippen LogP contribution in [-0.4, -0.2) is 50.9 Å². The van der Waals surface area contributed by atoms with E-state index in [1.54, 1.807) is 36.6 Å². The van der Waals surface area contributed by atoms with E-state index in [1.807, 2.05) is 62.4 Å². The van der Waals surface area contributed by atoms with E-state index < -0.39 is 11.2 Å². The van der Waals surface area contributed by atoms with Crippen molar-refractivity contribution in [2.24, 2.45) is 5.41 Å². The van der Waals surface area contributed by atoms with Gasteiger partial charge in [0.2, 0.25) is 11.0 Å². The third-order valence-electron chi connectivity index (χ3n) is 6.78. The maximum atomic E-state index is 14.1. The van der Waals surface area contributed by atoms with Crippen LogP contribution in [0.5, 0.6) is 0 Å². The number of benzene rings is 3. The predicted molar refractivity (Wildman–Crippen MR) is 154 cm³/mol. The molecule has 40 heavy (non-hydrogen) atoms. The lowest BCUT2D eigenvalue weighted by molar-refractivity contribution is -0.124. The maximum Gasteiger partial charge on any atom is 0.321 e. The van der Waals surface area contributed by atoms with E-state index in [4.69, 9.17) is 0 Å². The summed E-state index contributed by atoms with van der Waals surface area (Å²) in [7, 11) is 3.22. The van der Waals surface area contributed by atoms with Gasteiger partial charge in [-0.3, -0.25) is 4.79 Å². The molecule has 0 radical (unpaired) electrons. The highest BCUT2D eigenvalue weighted by molar-refractivity contribution is 7.13. The average molecular weight is 558 g/mol. The standard InChI is InChI=1S/C29H28FN7O2S/c1-29(2,26(38)34-27-35-31-17-40-27)25(18-8-6-5-7-9-18)19-10-12-23-20(14-19)16-32-37(23)24-13-11-21(30)15-22(24)33-28(39)36(3)4/h5-17,25H,1-4H3,(H,33,39)(H,34,35,38)/t25-/m0/s1. The second-order valence-corrected chi connectivity index (χ2v) is 11.0. The molecule has 0 spiro atoms. The zero-order chi connectivity index (χ0) is 28.4. The van der Waals surface area contributed by atoms with Gasteiger partial charge < -0.3 is 15.5 Å². The minimum absolute atomic E-state index is 0.179. The lowest BCUT2D eigenvalue weighted by Crippen LogP contribution is -2.37. The third-order valence-corrected chi connectivity index (χ3v) is 7.39. The molecule has 0 fully saturated rings. The van der Waals surface area contributed by atoms with E-state index in [0.29, 0.717) is 16.5 Å². The number of carbonyl (C=O) groups is 2. The molecule has 2 heterocycles. The van der Waals surface area contributed by atoms with Crippen molar-refractivity contribution in [3.8, 4) is 5.69 Å². The number of urea groups is 1. The van der Waals surface area contributed by atoms with Crippen molar-refractivity contribution < 1.29 is 14.0 Å². The topological polar surface area (TPSA) is 105 Å². The molecule has 11 heteroatoms. The Morgan fingerprint density at radius 2 is 1.77 bits per heavy atom. The molecule has 0 aliphatic rings. The Labute approximate surface area is 234 Å². The number of aromatic nitrogens is 4. The Hall–Kier alpha value is -4.64. The first-order chi connectivity index (χ1) is 19.1. The van der Waals surface area contributed by atoms with Crippen molar-refractivity contribution in [3.05, 3.63) is 95.4 Å². The summed E-state index contributed by atoms with van der Waals surface area (Å²) in [6.07, 6.45) is 1.72. The van der Waals surface area contributed by atoms with Crippen molar-refractivity contribution in [1.29, 1.82) is 0 Å². The summed E-state index contributed by atoms with van der Waals surface area (Å²) in [5.74, 6) is -0.951. The van der Waals surface area contributed by atoms with E-state index in [9.17, 15) is 14.0 Å². The summed E-state index contributed by atoms with van der Waals surface area (Å²) >= 11 is 1.26. The average Bonchev–Trinajstić information content (AvgIpc) is 3.59. The van der Waals surface area contributed by atoms with Crippen molar-refractivity contribution in [2.45, 2.75) is 19.8 Å². The van der Waals surface area contributed by atoms with Crippen LogP contribution in [0, 0.1) is 11.2 Å². The molecule has 9 nitrogen and oxygen atoms in total. The van der Waals surface area contributed by atoms with Crippen molar-refractivity contribution in [2.75, 3.05) is 24.7 Å². The number of anilines is 2. The Morgan fingerprint density at radius 3 is 2.48 bits per heavy atom. The summed E-state index contributed by atoms with van der Waals surface area (Å²) in [6, 6.07) is 19.6. The zero-order valence-electron chi connectivity index (χ0n) is 22.4. The number of carbonyl (C=O) groups excluding carboxylic acids is 2. The minimum Gasteiger partial charge on any atom is -0.331 e. The van der Waals surface area contributed by atoms with Gasteiger partial charge in [-0.2, -0.15) is 5.10 Å². The number of amides is 3. The van der Waals surface area contributed by atoms with Gasteiger partial charge in [0.05, 0.1) is 28.5 Å². The fourth-order valence-corrected chi connectivity index (χ4v) is 5.17. The van der Waals surface area contributed by atoms with Gasteiger partial charge >= 0.3 is 6.03 Å². The molecule has 1 atom stereocenters. The van der Waals surface area contributed by atoms with Crippen LogP contribution < -0.4 is 10.6 Å². The van der Waals surface area contributed by atoms with Crippen LogP contribution in [0.1, 0.15) is 30.9 Å². The van der Waals surface area contributed by atoms with Crippen LogP contribution in [0.3, 0.4) is 0 Å². The van der Waals surface area contributed by atoms with Crippen molar-refractivity contribution >= 4 is 45.0 Å². The molecule has 3 aromatic carbocycles. The molecule has 0 bridgehead atoms. The Bertz CT molecular complexity index is 1670. The molecular formula is C29H28FN7O2S. The quantitative estimate of drug-likeness (QED) is 0.259. The molecule has 0 aliphatic heterocycles.